The van der Waals surface area contributed by atoms with E-state index in [4.69, 9.17) is 0 Å². The summed E-state index contributed by atoms with van der Waals surface area (Å²) in [6.45, 7) is 4.33. The van der Waals surface area contributed by atoms with Crippen LogP contribution in [0.3, 0.4) is 0 Å². The molecular weight excluding hydrogens is 352 g/mol. The number of benzene rings is 2. The van der Waals surface area contributed by atoms with E-state index in [1.54, 1.807) is 0 Å². The van der Waals surface area contributed by atoms with E-state index in [1.807, 2.05) is 0 Å². The quantitative estimate of drug-likeness (QED) is 0.446. The van der Waals surface area contributed by atoms with Gasteiger partial charge in [0.2, 0.25) is 11.4 Å². The SMILES string of the molecule is Cc1ccccc1-c1ccc(Cc2ccc(-c3ccccc3C)[n+](C)c2)c[n+]1C. The van der Waals surface area contributed by atoms with Gasteiger partial charge in [-0.2, -0.15) is 0 Å². The molecule has 4 rings (SSSR count). The molecule has 0 saturated carbocycles. The van der Waals surface area contributed by atoms with Crippen molar-refractivity contribution in [2.45, 2.75) is 20.3 Å². The van der Waals surface area contributed by atoms with Crippen molar-refractivity contribution in [2.24, 2.45) is 14.1 Å². The average Bonchev–Trinajstić information content (AvgIpc) is 2.70. The Balaban J connectivity index is 1.60. The second-order valence-corrected chi connectivity index (χ2v) is 7.87. The maximum absolute atomic E-state index is 2.25. The molecule has 0 aliphatic heterocycles. The Morgan fingerprint density at radius 2 is 0.966 bits per heavy atom. The van der Waals surface area contributed by atoms with E-state index in [-0.39, 0.29) is 0 Å². The number of aryl methyl sites for hydroxylation is 4. The van der Waals surface area contributed by atoms with Crippen molar-refractivity contribution in [3.05, 3.63) is 107 Å². The van der Waals surface area contributed by atoms with Gasteiger partial charge in [-0.3, -0.25) is 0 Å². The van der Waals surface area contributed by atoms with E-state index in [0.29, 0.717) is 0 Å². The molecule has 0 amide bonds. The van der Waals surface area contributed by atoms with Gasteiger partial charge in [0.1, 0.15) is 14.1 Å². The monoisotopic (exact) mass is 380 g/mol. The summed E-state index contributed by atoms with van der Waals surface area (Å²) in [5.74, 6) is 0. The zero-order valence-corrected chi connectivity index (χ0v) is 17.7. The fraction of sp³-hybridized carbons (Fsp3) is 0.185. The van der Waals surface area contributed by atoms with E-state index < -0.39 is 0 Å². The van der Waals surface area contributed by atoms with Crippen LogP contribution >= 0.6 is 0 Å². The molecule has 2 heteroatoms. The van der Waals surface area contributed by atoms with Crippen molar-refractivity contribution in [3.8, 4) is 22.5 Å². The lowest BCUT2D eigenvalue weighted by Crippen LogP contribution is -2.32. The second-order valence-electron chi connectivity index (χ2n) is 7.87. The highest BCUT2D eigenvalue weighted by Crippen LogP contribution is 2.22. The van der Waals surface area contributed by atoms with Crippen LogP contribution in [-0.2, 0) is 20.5 Å². The number of aromatic nitrogens is 2. The first-order chi connectivity index (χ1) is 14.0. The molecule has 0 fully saturated rings. The third kappa shape index (κ3) is 3.97. The summed E-state index contributed by atoms with van der Waals surface area (Å²) >= 11 is 0. The molecule has 144 valence electrons. The van der Waals surface area contributed by atoms with E-state index >= 15 is 0 Å². The van der Waals surface area contributed by atoms with Crippen LogP contribution in [0.4, 0.5) is 0 Å². The standard InChI is InChI=1S/C27H28N2/c1-20-9-5-7-11-24(20)26-15-13-22(18-28(26)3)17-23-14-16-27(29(4)19-23)25-12-8-6-10-21(25)2/h5-16,18-19H,17H2,1-4H3/q+2. The van der Waals surface area contributed by atoms with E-state index in [1.165, 1.54) is 44.8 Å². The smallest absolute Gasteiger partial charge is 0.201 e. The molecule has 2 aromatic heterocycles. The number of nitrogens with zero attached hydrogens (tertiary/aromatic N) is 2. The van der Waals surface area contributed by atoms with Crippen LogP contribution in [0.5, 0.6) is 0 Å². The van der Waals surface area contributed by atoms with Crippen molar-refractivity contribution < 1.29 is 9.13 Å². The number of hydrogen-bond donors (Lipinski definition) is 0. The molecular formula is C27H28N2+2. The molecule has 0 aliphatic carbocycles. The molecule has 0 unspecified atom stereocenters. The highest BCUT2D eigenvalue weighted by atomic mass is 14.9. The van der Waals surface area contributed by atoms with E-state index in [9.17, 15) is 0 Å². The summed E-state index contributed by atoms with van der Waals surface area (Å²) < 4.78 is 4.47. The lowest BCUT2D eigenvalue weighted by Gasteiger charge is -2.07. The molecule has 0 spiro atoms. The topological polar surface area (TPSA) is 7.76 Å². The van der Waals surface area contributed by atoms with Crippen LogP contribution in [0.25, 0.3) is 22.5 Å². The van der Waals surface area contributed by atoms with E-state index in [0.717, 1.165) is 6.42 Å². The Kier molecular flexibility index (Phi) is 5.26. The Morgan fingerprint density at radius 3 is 1.34 bits per heavy atom. The number of rotatable bonds is 4. The minimum atomic E-state index is 0.920. The molecule has 0 atom stereocenters. The average molecular weight is 381 g/mol. The zero-order valence-electron chi connectivity index (χ0n) is 17.7. The second kappa shape index (κ2) is 8.00. The molecule has 2 aromatic carbocycles. The van der Waals surface area contributed by atoms with Gasteiger partial charge in [0.25, 0.3) is 0 Å². The Bertz CT molecular complexity index is 1080. The number of hydrogen-bond acceptors (Lipinski definition) is 0. The Labute approximate surface area is 173 Å². The summed E-state index contributed by atoms with van der Waals surface area (Å²) in [5, 5.41) is 0. The molecule has 2 heterocycles. The lowest BCUT2D eigenvalue weighted by atomic mass is 10.0. The molecule has 2 nitrogen and oxygen atoms in total. The predicted octanol–water partition coefficient (Wildman–Crippen LogP) is 4.88. The molecule has 0 radical (unpaired) electrons. The van der Waals surface area contributed by atoms with Crippen molar-refractivity contribution in [1.29, 1.82) is 0 Å². The highest BCUT2D eigenvalue weighted by Gasteiger charge is 2.15. The van der Waals surface area contributed by atoms with Crippen LogP contribution in [0, 0.1) is 13.8 Å². The lowest BCUT2D eigenvalue weighted by molar-refractivity contribution is -0.661. The molecule has 0 aliphatic rings. The first kappa shape index (κ1) is 19.1. The van der Waals surface area contributed by atoms with Gasteiger partial charge in [-0.15, -0.1) is 0 Å². The van der Waals surface area contributed by atoms with Gasteiger partial charge in [0.05, 0.1) is 0 Å². The molecule has 0 saturated heterocycles. The molecule has 29 heavy (non-hydrogen) atoms. The highest BCUT2D eigenvalue weighted by molar-refractivity contribution is 5.61. The summed E-state index contributed by atoms with van der Waals surface area (Å²) in [4.78, 5) is 0. The molecule has 4 aromatic rings. The third-order valence-electron chi connectivity index (χ3n) is 5.64. The maximum atomic E-state index is 2.25. The van der Waals surface area contributed by atoms with Crippen LogP contribution in [0.1, 0.15) is 22.3 Å². The fourth-order valence-electron chi connectivity index (χ4n) is 4.05. The summed E-state index contributed by atoms with van der Waals surface area (Å²) in [6.07, 6.45) is 5.41. The first-order valence-corrected chi connectivity index (χ1v) is 10.1. The minimum absolute atomic E-state index is 0.920. The normalized spacial score (nSPS) is 10.9. The van der Waals surface area contributed by atoms with Crippen LogP contribution in [0.15, 0.2) is 85.2 Å². The van der Waals surface area contributed by atoms with Crippen molar-refractivity contribution >= 4 is 0 Å². The van der Waals surface area contributed by atoms with Gasteiger partial charge in [0.15, 0.2) is 12.4 Å². The van der Waals surface area contributed by atoms with Crippen molar-refractivity contribution in [1.82, 2.24) is 0 Å². The molecule has 0 bridgehead atoms. The van der Waals surface area contributed by atoms with Gasteiger partial charge < -0.3 is 0 Å². The van der Waals surface area contributed by atoms with Crippen LogP contribution < -0.4 is 9.13 Å². The summed E-state index contributed by atoms with van der Waals surface area (Å²) in [5.41, 5.74) is 10.3. The Morgan fingerprint density at radius 1 is 0.552 bits per heavy atom. The fourth-order valence-corrected chi connectivity index (χ4v) is 4.05. The van der Waals surface area contributed by atoms with Crippen molar-refractivity contribution in [3.63, 3.8) is 0 Å². The van der Waals surface area contributed by atoms with Gasteiger partial charge in [-0.05, 0) is 49.2 Å². The Hall–Kier alpha value is -3.26. The predicted molar refractivity (Wildman–Crippen MR) is 118 cm³/mol. The van der Waals surface area contributed by atoms with Crippen LogP contribution in [-0.4, -0.2) is 0 Å². The van der Waals surface area contributed by atoms with Gasteiger partial charge in [-0.25, -0.2) is 9.13 Å². The van der Waals surface area contributed by atoms with Crippen molar-refractivity contribution in [2.75, 3.05) is 0 Å². The number of pyridine rings is 2. The zero-order chi connectivity index (χ0) is 20.4. The van der Waals surface area contributed by atoms with E-state index in [2.05, 4.69) is 122 Å². The summed E-state index contributed by atoms with van der Waals surface area (Å²) in [7, 11) is 4.26. The summed E-state index contributed by atoms with van der Waals surface area (Å²) in [6, 6.07) is 26.1. The first-order valence-electron chi connectivity index (χ1n) is 10.1. The largest absolute Gasteiger partial charge is 0.212 e. The molecule has 0 N–H and O–H groups in total. The maximum Gasteiger partial charge on any atom is 0.212 e. The third-order valence-corrected chi connectivity index (χ3v) is 5.64. The van der Waals surface area contributed by atoms with Gasteiger partial charge >= 0.3 is 0 Å². The van der Waals surface area contributed by atoms with Gasteiger partial charge in [0, 0.05) is 40.8 Å². The van der Waals surface area contributed by atoms with Crippen LogP contribution in [0.2, 0.25) is 0 Å². The van der Waals surface area contributed by atoms with Gasteiger partial charge in [-0.1, -0.05) is 36.4 Å². The minimum Gasteiger partial charge on any atom is -0.201 e.